The van der Waals surface area contributed by atoms with Crippen LogP contribution in [0.15, 0.2) is 0 Å². The molecule has 0 aromatic heterocycles. The average molecular weight is 248 g/mol. The van der Waals surface area contributed by atoms with Gasteiger partial charge in [-0.15, -0.1) is 0 Å². The predicted octanol–water partition coefficient (Wildman–Crippen LogP) is 0.479. The Kier molecular flexibility index (Phi) is 4.03. The van der Waals surface area contributed by atoms with E-state index in [1.807, 2.05) is 13.8 Å². The third kappa shape index (κ3) is 3.43. The topological polar surface area (TPSA) is 63.4 Å². The van der Waals surface area contributed by atoms with Gasteiger partial charge in [0.1, 0.15) is 0 Å². The fourth-order valence-corrected chi connectivity index (χ4v) is 3.56. The number of nitrogens with two attached hydrogens (primary N) is 1. The molecule has 0 aliphatic carbocycles. The minimum Gasteiger partial charge on any atom is -0.327 e. The second-order valence-corrected chi connectivity index (χ2v) is 7.94. The van der Waals surface area contributed by atoms with Gasteiger partial charge in [-0.1, -0.05) is 13.8 Å². The third-order valence-electron chi connectivity index (χ3n) is 3.65. The van der Waals surface area contributed by atoms with Crippen LogP contribution in [-0.4, -0.2) is 50.0 Å². The van der Waals surface area contributed by atoms with Crippen LogP contribution in [0.4, 0.5) is 0 Å². The van der Waals surface area contributed by atoms with Crippen molar-refractivity contribution in [2.24, 2.45) is 11.1 Å². The normalized spacial score (nSPS) is 28.9. The van der Waals surface area contributed by atoms with Crippen LogP contribution < -0.4 is 5.73 Å². The molecule has 1 aliphatic heterocycles. The maximum Gasteiger partial charge on any atom is 0.153 e. The van der Waals surface area contributed by atoms with E-state index in [0.717, 1.165) is 6.54 Å². The van der Waals surface area contributed by atoms with Gasteiger partial charge >= 0.3 is 0 Å². The second-order valence-electron chi connectivity index (χ2n) is 5.71. The Morgan fingerprint density at radius 2 is 2.06 bits per heavy atom. The van der Waals surface area contributed by atoms with Gasteiger partial charge in [0, 0.05) is 25.2 Å². The summed E-state index contributed by atoms with van der Waals surface area (Å²) in [6.45, 7) is 9.75. The lowest BCUT2D eigenvalue weighted by Crippen LogP contribution is -2.53. The van der Waals surface area contributed by atoms with E-state index >= 15 is 0 Å². The quantitative estimate of drug-likeness (QED) is 0.789. The zero-order chi connectivity index (χ0) is 12.6. The maximum absolute atomic E-state index is 11.5. The number of nitrogens with zero attached hydrogens (tertiary/aromatic N) is 1. The first-order valence-electron chi connectivity index (χ1n) is 5.84. The van der Waals surface area contributed by atoms with E-state index in [4.69, 9.17) is 5.73 Å². The van der Waals surface area contributed by atoms with Gasteiger partial charge in [0.05, 0.1) is 11.5 Å². The van der Waals surface area contributed by atoms with E-state index in [-0.39, 0.29) is 29.0 Å². The third-order valence-corrected chi connectivity index (χ3v) is 5.45. The average Bonchev–Trinajstić information content (AvgIpc) is 2.09. The first-order valence-corrected chi connectivity index (χ1v) is 7.66. The highest BCUT2D eigenvalue weighted by Crippen LogP contribution is 2.23. The van der Waals surface area contributed by atoms with E-state index < -0.39 is 9.84 Å². The van der Waals surface area contributed by atoms with Gasteiger partial charge in [-0.25, -0.2) is 8.42 Å². The Hall–Kier alpha value is -0.130. The van der Waals surface area contributed by atoms with E-state index in [9.17, 15) is 8.42 Å². The van der Waals surface area contributed by atoms with Crippen LogP contribution in [0.1, 0.15) is 27.7 Å². The van der Waals surface area contributed by atoms with Gasteiger partial charge < -0.3 is 5.73 Å². The van der Waals surface area contributed by atoms with Crippen molar-refractivity contribution in [3.05, 3.63) is 0 Å². The Morgan fingerprint density at radius 1 is 1.50 bits per heavy atom. The standard InChI is InChI=1S/C11H24N2O2S/c1-9-7-16(14,15)6-5-13(9)8-11(3,4)10(2)12/h9-10H,5-8,12H2,1-4H3. The smallest absolute Gasteiger partial charge is 0.153 e. The van der Waals surface area contributed by atoms with Crippen molar-refractivity contribution < 1.29 is 8.42 Å². The fraction of sp³-hybridized carbons (Fsp3) is 1.00. The van der Waals surface area contributed by atoms with Crippen LogP contribution in [-0.2, 0) is 9.84 Å². The summed E-state index contributed by atoms with van der Waals surface area (Å²) >= 11 is 0. The SMILES string of the molecule is CC1CS(=O)(=O)CCN1CC(C)(C)C(C)N. The van der Waals surface area contributed by atoms with Gasteiger partial charge in [-0.2, -0.15) is 0 Å². The predicted molar refractivity (Wildman–Crippen MR) is 67.1 cm³/mol. The van der Waals surface area contributed by atoms with Crippen LogP contribution in [0.25, 0.3) is 0 Å². The molecular weight excluding hydrogens is 224 g/mol. The van der Waals surface area contributed by atoms with Crippen molar-refractivity contribution in [1.29, 1.82) is 0 Å². The molecule has 96 valence electrons. The summed E-state index contributed by atoms with van der Waals surface area (Å²) in [6, 6.07) is 0.218. The molecule has 1 aliphatic rings. The number of sulfone groups is 1. The van der Waals surface area contributed by atoms with Crippen molar-refractivity contribution in [2.45, 2.75) is 39.8 Å². The van der Waals surface area contributed by atoms with Crippen LogP contribution >= 0.6 is 0 Å². The molecule has 0 saturated carbocycles. The molecule has 0 spiro atoms. The molecular formula is C11H24N2O2S. The lowest BCUT2D eigenvalue weighted by atomic mass is 9.85. The molecule has 1 heterocycles. The van der Waals surface area contributed by atoms with Crippen molar-refractivity contribution in [3.63, 3.8) is 0 Å². The number of hydrogen-bond donors (Lipinski definition) is 1. The zero-order valence-corrected chi connectivity index (χ0v) is 11.5. The molecule has 2 unspecified atom stereocenters. The number of rotatable bonds is 3. The van der Waals surface area contributed by atoms with Crippen LogP contribution in [0.2, 0.25) is 0 Å². The van der Waals surface area contributed by atoms with Crippen LogP contribution in [0.5, 0.6) is 0 Å². The highest BCUT2D eigenvalue weighted by Gasteiger charge is 2.33. The summed E-state index contributed by atoms with van der Waals surface area (Å²) in [5.41, 5.74) is 5.96. The van der Waals surface area contributed by atoms with Crippen molar-refractivity contribution in [1.82, 2.24) is 4.90 Å². The number of hydrogen-bond acceptors (Lipinski definition) is 4. The maximum atomic E-state index is 11.5. The van der Waals surface area contributed by atoms with Gasteiger partial charge in [0.15, 0.2) is 9.84 Å². The highest BCUT2D eigenvalue weighted by molar-refractivity contribution is 7.91. The van der Waals surface area contributed by atoms with Gasteiger partial charge in [0.2, 0.25) is 0 Å². The summed E-state index contributed by atoms with van der Waals surface area (Å²) in [4.78, 5) is 2.24. The molecule has 5 heteroatoms. The molecule has 2 N–H and O–H groups in total. The minimum atomic E-state index is -2.81. The lowest BCUT2D eigenvalue weighted by Gasteiger charge is -2.40. The van der Waals surface area contributed by atoms with Crippen molar-refractivity contribution in [3.8, 4) is 0 Å². The zero-order valence-electron chi connectivity index (χ0n) is 10.7. The van der Waals surface area contributed by atoms with E-state index in [2.05, 4.69) is 18.7 Å². The molecule has 0 aromatic rings. The first-order chi connectivity index (χ1) is 7.14. The second kappa shape index (κ2) is 4.63. The summed E-state index contributed by atoms with van der Waals surface area (Å²) in [7, 11) is -2.81. The first kappa shape index (κ1) is 13.9. The Labute approximate surface area is 99.1 Å². The van der Waals surface area contributed by atoms with E-state index in [1.165, 1.54) is 0 Å². The molecule has 1 saturated heterocycles. The molecule has 0 bridgehead atoms. The van der Waals surface area contributed by atoms with Gasteiger partial charge in [0.25, 0.3) is 0 Å². The molecule has 16 heavy (non-hydrogen) atoms. The van der Waals surface area contributed by atoms with Gasteiger partial charge in [-0.3, -0.25) is 4.90 Å². The Balaban J connectivity index is 2.64. The highest BCUT2D eigenvalue weighted by atomic mass is 32.2. The molecule has 2 atom stereocenters. The van der Waals surface area contributed by atoms with E-state index in [0.29, 0.717) is 6.54 Å². The Morgan fingerprint density at radius 3 is 2.50 bits per heavy atom. The molecule has 0 radical (unpaired) electrons. The fourth-order valence-electron chi connectivity index (χ4n) is 1.94. The summed E-state index contributed by atoms with van der Waals surface area (Å²) < 4.78 is 22.9. The summed E-state index contributed by atoms with van der Waals surface area (Å²) in [5.74, 6) is 0.564. The monoisotopic (exact) mass is 248 g/mol. The molecule has 0 amide bonds. The summed E-state index contributed by atoms with van der Waals surface area (Å²) in [5, 5.41) is 0. The van der Waals surface area contributed by atoms with E-state index in [1.54, 1.807) is 0 Å². The largest absolute Gasteiger partial charge is 0.327 e. The minimum absolute atomic E-state index is 0.0232. The summed E-state index contributed by atoms with van der Waals surface area (Å²) in [6.07, 6.45) is 0. The molecule has 1 rings (SSSR count). The van der Waals surface area contributed by atoms with Gasteiger partial charge in [-0.05, 0) is 19.3 Å². The van der Waals surface area contributed by atoms with Crippen LogP contribution in [0.3, 0.4) is 0 Å². The Bertz CT molecular complexity index is 336. The van der Waals surface area contributed by atoms with Crippen LogP contribution in [0, 0.1) is 5.41 Å². The lowest BCUT2D eigenvalue weighted by molar-refractivity contribution is 0.132. The van der Waals surface area contributed by atoms with Crippen molar-refractivity contribution in [2.75, 3.05) is 24.6 Å². The molecule has 1 fully saturated rings. The molecule has 4 nitrogen and oxygen atoms in total. The molecule has 0 aromatic carbocycles. The van der Waals surface area contributed by atoms with Crippen molar-refractivity contribution >= 4 is 9.84 Å².